The number of aromatic hydroxyl groups is 1. The summed E-state index contributed by atoms with van der Waals surface area (Å²) in [5.74, 6) is 0.380. The number of benzene rings is 2. The average molecular weight is 465 g/mol. The van der Waals surface area contributed by atoms with E-state index in [1.807, 2.05) is 30.3 Å². The molecule has 0 aliphatic rings. The van der Waals surface area contributed by atoms with E-state index in [0.717, 1.165) is 40.8 Å². The Kier molecular flexibility index (Phi) is 9.78. The third-order valence-electron chi connectivity index (χ3n) is 5.98. The molecule has 2 amide bonds. The van der Waals surface area contributed by atoms with Gasteiger partial charge in [0.05, 0.1) is 0 Å². The second-order valence-electron chi connectivity index (χ2n) is 11.2. The van der Waals surface area contributed by atoms with Crippen LogP contribution in [0.4, 0.5) is 10.5 Å². The maximum absolute atomic E-state index is 12.4. The van der Waals surface area contributed by atoms with Crippen molar-refractivity contribution in [1.82, 2.24) is 5.32 Å². The molecule has 0 atom stereocenters. The molecule has 0 heterocycles. The summed E-state index contributed by atoms with van der Waals surface area (Å²) in [4.78, 5) is 12.4. The zero-order valence-electron chi connectivity index (χ0n) is 22.2. The van der Waals surface area contributed by atoms with Crippen molar-refractivity contribution in [2.75, 3.05) is 11.9 Å². The topological polar surface area (TPSA) is 61.4 Å². The monoisotopic (exact) mass is 464 g/mol. The highest BCUT2D eigenvalue weighted by Crippen LogP contribution is 2.40. The normalized spacial score (nSPS) is 12.2. The summed E-state index contributed by atoms with van der Waals surface area (Å²) in [6.07, 6.45) is 9.91. The van der Waals surface area contributed by atoms with E-state index in [1.54, 1.807) is 0 Å². The predicted octanol–water partition coefficient (Wildman–Crippen LogP) is 8.25. The summed E-state index contributed by atoms with van der Waals surface area (Å²) in [5, 5.41) is 16.9. The lowest BCUT2D eigenvalue weighted by atomic mass is 9.78. The van der Waals surface area contributed by atoms with E-state index < -0.39 is 0 Å². The molecule has 0 radical (unpaired) electrons. The van der Waals surface area contributed by atoms with Crippen molar-refractivity contribution in [3.05, 3.63) is 58.7 Å². The Balaban J connectivity index is 2.20. The number of urea groups is 1. The molecule has 4 heteroatoms. The molecular formula is C30H44N2O2. The average Bonchev–Trinajstić information content (AvgIpc) is 2.74. The molecule has 3 N–H and O–H groups in total. The summed E-state index contributed by atoms with van der Waals surface area (Å²) in [5.41, 5.74) is 4.24. The van der Waals surface area contributed by atoms with Gasteiger partial charge in [0.15, 0.2) is 0 Å². The van der Waals surface area contributed by atoms with Crippen LogP contribution in [0.25, 0.3) is 12.2 Å². The first-order valence-electron chi connectivity index (χ1n) is 12.6. The van der Waals surface area contributed by atoms with Crippen molar-refractivity contribution in [2.24, 2.45) is 0 Å². The van der Waals surface area contributed by atoms with Crippen molar-refractivity contribution in [3.8, 4) is 5.75 Å². The van der Waals surface area contributed by atoms with Gasteiger partial charge in [0.25, 0.3) is 0 Å². The number of carbonyl (C=O) groups is 1. The van der Waals surface area contributed by atoms with Gasteiger partial charge in [-0.2, -0.15) is 0 Å². The number of hydrogen-bond acceptors (Lipinski definition) is 2. The fourth-order valence-electron chi connectivity index (χ4n) is 3.94. The SMILES string of the molecule is CCCCCCCNC(=O)Nc1ccccc1/C=C/c1cc(C(C)(C)C)c(O)c(C(C)(C)C)c1. The summed E-state index contributed by atoms with van der Waals surface area (Å²) >= 11 is 0. The first-order chi connectivity index (χ1) is 15.9. The summed E-state index contributed by atoms with van der Waals surface area (Å²) in [7, 11) is 0. The van der Waals surface area contributed by atoms with Gasteiger partial charge >= 0.3 is 6.03 Å². The molecule has 0 spiro atoms. The molecule has 0 aromatic heterocycles. The number of amides is 2. The molecule has 0 saturated carbocycles. The molecule has 4 nitrogen and oxygen atoms in total. The summed E-state index contributed by atoms with van der Waals surface area (Å²) < 4.78 is 0. The highest BCUT2D eigenvalue weighted by atomic mass is 16.3. The van der Waals surface area contributed by atoms with E-state index >= 15 is 0 Å². The molecule has 2 aromatic rings. The van der Waals surface area contributed by atoms with Crippen molar-refractivity contribution >= 4 is 23.9 Å². The standard InChI is InChI=1S/C30H44N2O2/c1-8-9-10-11-14-19-31-28(34)32-26-16-13-12-15-23(26)18-17-22-20-24(29(2,3)4)27(33)25(21-22)30(5,6)7/h12-13,15-18,20-21,33H,8-11,14,19H2,1-7H3,(H2,31,32,34)/b18-17+. The minimum absolute atomic E-state index is 0.175. The highest BCUT2D eigenvalue weighted by Gasteiger charge is 2.26. The van der Waals surface area contributed by atoms with E-state index in [4.69, 9.17) is 0 Å². The number of nitrogens with one attached hydrogen (secondary N) is 2. The summed E-state index contributed by atoms with van der Waals surface area (Å²) in [6.45, 7) is 15.6. The largest absolute Gasteiger partial charge is 0.507 e. The Morgan fingerprint density at radius 3 is 2.06 bits per heavy atom. The molecule has 0 fully saturated rings. The van der Waals surface area contributed by atoms with Crippen LogP contribution in [0.3, 0.4) is 0 Å². The van der Waals surface area contributed by atoms with Crippen LogP contribution in [-0.2, 0) is 10.8 Å². The number of hydrogen-bond donors (Lipinski definition) is 3. The molecule has 0 bridgehead atoms. The van der Waals surface area contributed by atoms with Gasteiger partial charge in [-0.1, -0.05) is 105 Å². The van der Waals surface area contributed by atoms with Gasteiger partial charge in [-0.05, 0) is 46.6 Å². The van der Waals surface area contributed by atoms with E-state index in [1.165, 1.54) is 19.3 Å². The predicted molar refractivity (Wildman–Crippen MR) is 147 cm³/mol. The van der Waals surface area contributed by atoms with Gasteiger partial charge in [-0.3, -0.25) is 0 Å². The maximum Gasteiger partial charge on any atom is 0.319 e. The zero-order valence-corrected chi connectivity index (χ0v) is 22.2. The quantitative estimate of drug-likeness (QED) is 0.258. The van der Waals surface area contributed by atoms with Gasteiger partial charge < -0.3 is 15.7 Å². The van der Waals surface area contributed by atoms with Crippen LogP contribution in [-0.4, -0.2) is 17.7 Å². The first kappa shape index (κ1) is 27.5. The number of unbranched alkanes of at least 4 members (excludes halogenated alkanes) is 4. The fraction of sp³-hybridized carbons (Fsp3) is 0.500. The molecule has 0 aliphatic carbocycles. The Bertz CT molecular complexity index is 943. The second kappa shape index (κ2) is 12.1. The van der Waals surface area contributed by atoms with Crippen LogP contribution < -0.4 is 10.6 Å². The van der Waals surface area contributed by atoms with Gasteiger partial charge in [-0.15, -0.1) is 0 Å². The number of phenolic OH excluding ortho intramolecular Hbond substituents is 1. The molecule has 2 rings (SSSR count). The Morgan fingerprint density at radius 2 is 1.47 bits per heavy atom. The van der Waals surface area contributed by atoms with Crippen molar-refractivity contribution < 1.29 is 9.90 Å². The van der Waals surface area contributed by atoms with Crippen LogP contribution in [0, 0.1) is 0 Å². The van der Waals surface area contributed by atoms with Crippen LogP contribution >= 0.6 is 0 Å². The molecule has 2 aromatic carbocycles. The smallest absolute Gasteiger partial charge is 0.319 e. The van der Waals surface area contributed by atoms with E-state index in [9.17, 15) is 9.90 Å². The number of anilines is 1. The van der Waals surface area contributed by atoms with Crippen molar-refractivity contribution in [1.29, 1.82) is 0 Å². The molecule has 186 valence electrons. The van der Waals surface area contributed by atoms with Gasteiger partial charge in [0.2, 0.25) is 0 Å². The first-order valence-corrected chi connectivity index (χ1v) is 12.6. The van der Waals surface area contributed by atoms with Gasteiger partial charge in [0, 0.05) is 23.4 Å². The Hall–Kier alpha value is -2.75. The lowest BCUT2D eigenvalue weighted by Crippen LogP contribution is -2.29. The summed E-state index contributed by atoms with van der Waals surface area (Å²) in [6, 6.07) is 11.7. The Labute approximate surface area is 206 Å². The van der Waals surface area contributed by atoms with E-state index in [2.05, 4.69) is 77.3 Å². The van der Waals surface area contributed by atoms with E-state index in [0.29, 0.717) is 12.3 Å². The van der Waals surface area contributed by atoms with Crippen molar-refractivity contribution in [2.45, 2.75) is 91.4 Å². The van der Waals surface area contributed by atoms with Gasteiger partial charge in [0.1, 0.15) is 5.75 Å². The molecule has 0 unspecified atom stereocenters. The number of rotatable bonds is 9. The van der Waals surface area contributed by atoms with Crippen LogP contribution in [0.15, 0.2) is 36.4 Å². The van der Waals surface area contributed by atoms with Crippen molar-refractivity contribution in [3.63, 3.8) is 0 Å². The Morgan fingerprint density at radius 1 is 0.882 bits per heavy atom. The minimum atomic E-state index is -0.179. The molecule has 34 heavy (non-hydrogen) atoms. The molecule has 0 aliphatic heterocycles. The van der Waals surface area contributed by atoms with Crippen LogP contribution in [0.5, 0.6) is 5.75 Å². The third-order valence-corrected chi connectivity index (χ3v) is 5.98. The third kappa shape index (κ3) is 8.23. The lowest BCUT2D eigenvalue weighted by molar-refractivity contribution is 0.252. The number of carbonyl (C=O) groups excluding carboxylic acids is 1. The fourth-order valence-corrected chi connectivity index (χ4v) is 3.94. The minimum Gasteiger partial charge on any atom is -0.507 e. The molecule has 0 saturated heterocycles. The van der Waals surface area contributed by atoms with Gasteiger partial charge in [-0.25, -0.2) is 4.79 Å². The second-order valence-corrected chi connectivity index (χ2v) is 11.2. The molecular weight excluding hydrogens is 420 g/mol. The van der Waals surface area contributed by atoms with Crippen LogP contribution in [0.2, 0.25) is 0 Å². The lowest BCUT2D eigenvalue weighted by Gasteiger charge is -2.27. The number of para-hydroxylation sites is 1. The zero-order chi connectivity index (χ0) is 25.4. The number of phenols is 1. The van der Waals surface area contributed by atoms with E-state index in [-0.39, 0.29) is 16.9 Å². The van der Waals surface area contributed by atoms with Crippen LogP contribution in [0.1, 0.15) is 103 Å². The maximum atomic E-state index is 12.4. The highest BCUT2D eigenvalue weighted by molar-refractivity contribution is 5.92.